The van der Waals surface area contributed by atoms with Crippen LogP contribution in [0, 0.1) is 35.5 Å². The zero-order valence-electron chi connectivity index (χ0n) is 20.3. The van der Waals surface area contributed by atoms with Gasteiger partial charge in [0, 0.05) is 35.8 Å². The maximum absolute atomic E-state index is 12.2. The van der Waals surface area contributed by atoms with Crippen LogP contribution in [0.2, 0.25) is 0 Å². The van der Waals surface area contributed by atoms with E-state index in [2.05, 4.69) is 39.4 Å². The third-order valence-electron chi connectivity index (χ3n) is 8.16. The van der Waals surface area contributed by atoms with Gasteiger partial charge in [-0.15, -0.1) is 6.42 Å². The van der Waals surface area contributed by atoms with Crippen LogP contribution in [0.1, 0.15) is 44.6 Å². The first-order valence-electron chi connectivity index (χ1n) is 12.6. The SMILES string of the molecule is C#CC(=O)NC1(C2CC2)CC2CCC1CN2c1ccc(-c2cc(OCC)cn3ncc(C#N)c23)cn1. The number of ether oxygens (including phenoxy) is 1. The van der Waals surface area contributed by atoms with Gasteiger partial charge in [0.15, 0.2) is 0 Å². The van der Waals surface area contributed by atoms with Crippen LogP contribution in [0.15, 0.2) is 36.8 Å². The second-order valence-electron chi connectivity index (χ2n) is 10.1. The van der Waals surface area contributed by atoms with Gasteiger partial charge in [-0.3, -0.25) is 4.79 Å². The van der Waals surface area contributed by atoms with E-state index in [-0.39, 0.29) is 11.4 Å². The Morgan fingerprint density at radius 3 is 2.75 bits per heavy atom. The Hall–Kier alpha value is -4.04. The van der Waals surface area contributed by atoms with Crippen molar-refractivity contribution in [3.63, 3.8) is 0 Å². The minimum absolute atomic E-state index is 0.177. The number of anilines is 1. The molecule has 2 aliphatic heterocycles. The summed E-state index contributed by atoms with van der Waals surface area (Å²) in [5, 5.41) is 17.2. The fourth-order valence-corrected chi connectivity index (χ4v) is 6.46. The number of terminal acetylenes is 1. The van der Waals surface area contributed by atoms with Crippen molar-refractivity contribution < 1.29 is 9.53 Å². The highest BCUT2D eigenvalue weighted by Gasteiger charge is 2.58. The van der Waals surface area contributed by atoms with Crippen LogP contribution in [-0.4, -0.2) is 45.2 Å². The minimum Gasteiger partial charge on any atom is -0.492 e. The summed E-state index contributed by atoms with van der Waals surface area (Å²) in [6.45, 7) is 3.34. The van der Waals surface area contributed by atoms with Crippen LogP contribution in [0.3, 0.4) is 0 Å². The summed E-state index contributed by atoms with van der Waals surface area (Å²) in [4.78, 5) is 19.4. The summed E-state index contributed by atoms with van der Waals surface area (Å²) < 4.78 is 7.43. The molecule has 3 unspecified atom stereocenters. The zero-order chi connectivity index (χ0) is 24.9. The number of carbonyl (C=O) groups excluding carboxylic acids is 1. The van der Waals surface area contributed by atoms with Gasteiger partial charge in [0.2, 0.25) is 0 Å². The van der Waals surface area contributed by atoms with Gasteiger partial charge in [-0.1, -0.05) is 0 Å². The molecule has 7 rings (SSSR count). The molecule has 2 bridgehead atoms. The quantitative estimate of drug-likeness (QED) is 0.542. The average molecular weight is 481 g/mol. The molecular weight excluding hydrogens is 452 g/mol. The number of pyridine rings is 2. The summed E-state index contributed by atoms with van der Waals surface area (Å²) in [6.07, 6.45) is 16.1. The van der Waals surface area contributed by atoms with Crippen LogP contribution in [0.25, 0.3) is 16.6 Å². The Morgan fingerprint density at radius 2 is 2.11 bits per heavy atom. The number of piperidine rings is 2. The number of nitriles is 1. The fraction of sp³-hybridized carbons (Fsp3) is 0.429. The van der Waals surface area contributed by atoms with E-state index >= 15 is 0 Å². The lowest BCUT2D eigenvalue weighted by molar-refractivity contribution is -0.119. The van der Waals surface area contributed by atoms with Crippen molar-refractivity contribution in [3.05, 3.63) is 42.4 Å². The van der Waals surface area contributed by atoms with E-state index in [1.54, 1.807) is 16.9 Å². The molecule has 0 radical (unpaired) electrons. The third kappa shape index (κ3) is 3.56. The van der Waals surface area contributed by atoms with Gasteiger partial charge >= 0.3 is 0 Å². The second-order valence-corrected chi connectivity index (χ2v) is 10.1. The lowest BCUT2D eigenvalue weighted by Gasteiger charge is -2.57. The Bertz CT molecular complexity index is 1410. The molecule has 1 amide bonds. The Balaban J connectivity index is 1.30. The molecule has 2 saturated carbocycles. The Labute approximate surface area is 210 Å². The van der Waals surface area contributed by atoms with Crippen molar-refractivity contribution in [2.75, 3.05) is 18.1 Å². The Kier molecular flexibility index (Phi) is 5.34. The molecule has 3 atom stereocenters. The van der Waals surface area contributed by atoms with Gasteiger partial charge in [0.25, 0.3) is 5.91 Å². The number of hydrogen-bond donors (Lipinski definition) is 1. The molecular formula is C28H28N6O2. The molecule has 2 saturated heterocycles. The molecule has 36 heavy (non-hydrogen) atoms. The summed E-state index contributed by atoms with van der Waals surface area (Å²) in [5.41, 5.74) is 2.84. The number of hydrogen-bond acceptors (Lipinski definition) is 6. The zero-order valence-corrected chi connectivity index (χ0v) is 20.3. The van der Waals surface area contributed by atoms with E-state index in [0.29, 0.717) is 35.8 Å². The van der Waals surface area contributed by atoms with Crippen molar-refractivity contribution in [2.24, 2.45) is 11.8 Å². The molecule has 5 heterocycles. The van der Waals surface area contributed by atoms with E-state index in [9.17, 15) is 10.1 Å². The molecule has 3 aromatic rings. The van der Waals surface area contributed by atoms with Crippen molar-refractivity contribution in [2.45, 2.75) is 50.6 Å². The van der Waals surface area contributed by atoms with Crippen LogP contribution < -0.4 is 15.0 Å². The van der Waals surface area contributed by atoms with Gasteiger partial charge < -0.3 is 15.0 Å². The highest BCUT2D eigenvalue weighted by Crippen LogP contribution is 2.54. The maximum Gasteiger partial charge on any atom is 0.296 e. The molecule has 8 heteroatoms. The standard InChI is InChI=1S/C28H28N6O2/c1-3-26(35)32-28(20-6-7-20)12-22-9-8-21(28)16-33(22)25-10-5-18(14-30-25)24-11-23(36-4-2)17-34-27(24)19(13-29)15-31-34/h1,5,10-11,14-15,17,20-22H,4,6-9,12,16H2,2H3,(H,32,35). The summed E-state index contributed by atoms with van der Waals surface area (Å²) in [7, 11) is 0. The predicted octanol–water partition coefficient (Wildman–Crippen LogP) is 3.55. The highest BCUT2D eigenvalue weighted by molar-refractivity contribution is 5.93. The van der Waals surface area contributed by atoms with E-state index < -0.39 is 0 Å². The summed E-state index contributed by atoms with van der Waals surface area (Å²) in [6, 6.07) is 8.61. The van der Waals surface area contributed by atoms with Crippen LogP contribution in [0.5, 0.6) is 5.75 Å². The minimum atomic E-state index is -0.291. The van der Waals surface area contributed by atoms with Gasteiger partial charge in [-0.25, -0.2) is 9.50 Å². The molecule has 8 nitrogen and oxygen atoms in total. The van der Waals surface area contributed by atoms with Crippen molar-refractivity contribution in [1.82, 2.24) is 19.9 Å². The van der Waals surface area contributed by atoms with E-state index in [1.165, 1.54) is 0 Å². The first kappa shape index (κ1) is 22.4. The molecule has 3 aromatic heterocycles. The van der Waals surface area contributed by atoms with E-state index in [0.717, 1.165) is 61.1 Å². The number of amides is 1. The summed E-state index contributed by atoms with van der Waals surface area (Å²) >= 11 is 0. The van der Waals surface area contributed by atoms with Crippen LogP contribution in [0.4, 0.5) is 5.82 Å². The van der Waals surface area contributed by atoms with Gasteiger partial charge in [0.1, 0.15) is 17.6 Å². The highest BCUT2D eigenvalue weighted by atomic mass is 16.5. The second kappa shape index (κ2) is 8.57. The number of aromatic nitrogens is 3. The van der Waals surface area contributed by atoms with Gasteiger partial charge in [0.05, 0.1) is 35.6 Å². The molecule has 182 valence electrons. The molecule has 2 aliphatic carbocycles. The van der Waals surface area contributed by atoms with Crippen molar-refractivity contribution in [1.29, 1.82) is 5.26 Å². The number of carbonyl (C=O) groups is 1. The van der Waals surface area contributed by atoms with Crippen molar-refractivity contribution in [3.8, 4) is 35.3 Å². The Morgan fingerprint density at radius 1 is 1.28 bits per heavy atom. The number of rotatable bonds is 6. The van der Waals surface area contributed by atoms with Gasteiger partial charge in [-0.2, -0.15) is 10.4 Å². The van der Waals surface area contributed by atoms with Crippen LogP contribution >= 0.6 is 0 Å². The lowest BCUT2D eigenvalue weighted by Crippen LogP contribution is -2.68. The fourth-order valence-electron chi connectivity index (χ4n) is 6.46. The monoisotopic (exact) mass is 480 g/mol. The molecule has 0 spiro atoms. The normalized spacial score (nSPS) is 24.8. The van der Waals surface area contributed by atoms with E-state index in [4.69, 9.17) is 16.1 Å². The molecule has 4 fully saturated rings. The number of nitrogens with one attached hydrogen (secondary N) is 1. The smallest absolute Gasteiger partial charge is 0.296 e. The summed E-state index contributed by atoms with van der Waals surface area (Å²) in [5.74, 6) is 4.49. The first-order chi connectivity index (χ1) is 17.6. The van der Waals surface area contributed by atoms with Crippen molar-refractivity contribution >= 4 is 17.2 Å². The van der Waals surface area contributed by atoms with Crippen LogP contribution in [-0.2, 0) is 4.79 Å². The van der Waals surface area contributed by atoms with E-state index in [1.807, 2.05) is 19.2 Å². The molecule has 0 aromatic carbocycles. The third-order valence-corrected chi connectivity index (χ3v) is 8.16. The topological polar surface area (TPSA) is 95.5 Å². The number of fused-ring (bicyclic) bond motifs is 4. The molecule has 1 N–H and O–H groups in total. The predicted molar refractivity (Wildman–Crippen MR) is 135 cm³/mol. The molecule has 4 aliphatic rings. The largest absolute Gasteiger partial charge is 0.492 e. The average Bonchev–Trinajstić information content (AvgIpc) is 3.69. The maximum atomic E-state index is 12.2. The lowest BCUT2D eigenvalue weighted by atomic mass is 9.64. The van der Waals surface area contributed by atoms with Gasteiger partial charge in [-0.05, 0) is 69.1 Å². The number of nitrogens with zero attached hydrogens (tertiary/aromatic N) is 5. The first-order valence-corrected chi connectivity index (χ1v) is 12.6.